The van der Waals surface area contributed by atoms with Crippen molar-refractivity contribution in [1.29, 1.82) is 0 Å². The second-order valence-corrected chi connectivity index (χ2v) is 5.59. The van der Waals surface area contributed by atoms with Crippen LogP contribution in [0.25, 0.3) is 0 Å². The highest BCUT2D eigenvalue weighted by atomic mass is 79.9. The van der Waals surface area contributed by atoms with E-state index < -0.39 is 5.97 Å². The van der Waals surface area contributed by atoms with Crippen LogP contribution in [-0.4, -0.2) is 41.6 Å². The molecule has 0 radical (unpaired) electrons. The van der Waals surface area contributed by atoms with Gasteiger partial charge in [-0.25, -0.2) is 0 Å². The Morgan fingerprint density at radius 1 is 1.50 bits per heavy atom. The third-order valence-electron chi connectivity index (χ3n) is 3.45. The van der Waals surface area contributed by atoms with Crippen LogP contribution in [0.2, 0.25) is 0 Å². The number of methoxy groups -OCH3 is 1. The predicted molar refractivity (Wildman–Crippen MR) is 77.0 cm³/mol. The fourth-order valence-electron chi connectivity index (χ4n) is 2.47. The smallest absolute Gasteiger partial charge is 0.305 e. The molecule has 0 aliphatic carbocycles. The number of likely N-dealkylation sites (tertiary alicyclic amines) is 1. The third-order valence-corrected chi connectivity index (χ3v) is 4.14. The van der Waals surface area contributed by atoms with Gasteiger partial charge in [0.1, 0.15) is 5.75 Å². The lowest BCUT2D eigenvalue weighted by atomic mass is 10.1. The van der Waals surface area contributed by atoms with Gasteiger partial charge in [0.05, 0.1) is 19.1 Å². The van der Waals surface area contributed by atoms with Gasteiger partial charge in [-0.3, -0.25) is 9.59 Å². The first kappa shape index (κ1) is 14.8. The van der Waals surface area contributed by atoms with E-state index in [2.05, 4.69) is 15.9 Å². The van der Waals surface area contributed by atoms with Crippen LogP contribution >= 0.6 is 15.9 Å². The Labute approximate surface area is 125 Å². The molecule has 1 aromatic carbocycles. The van der Waals surface area contributed by atoms with Gasteiger partial charge >= 0.3 is 5.97 Å². The number of hydrogen-bond acceptors (Lipinski definition) is 3. The normalized spacial score (nSPS) is 18.1. The molecule has 108 valence electrons. The molecule has 1 fully saturated rings. The molecule has 1 aromatic rings. The van der Waals surface area contributed by atoms with Crippen LogP contribution in [0.4, 0.5) is 0 Å². The fourth-order valence-corrected chi connectivity index (χ4v) is 2.88. The zero-order chi connectivity index (χ0) is 14.7. The molecule has 0 spiro atoms. The maximum atomic E-state index is 12.6. The molecule has 1 N–H and O–H groups in total. The first-order valence-electron chi connectivity index (χ1n) is 6.39. The van der Waals surface area contributed by atoms with E-state index in [0.29, 0.717) is 22.3 Å². The number of carbonyl (C=O) groups is 2. The Hall–Kier alpha value is -1.56. The van der Waals surface area contributed by atoms with Crippen LogP contribution in [0.3, 0.4) is 0 Å². The van der Waals surface area contributed by atoms with Crippen LogP contribution in [0.5, 0.6) is 5.75 Å². The lowest BCUT2D eigenvalue weighted by Crippen LogP contribution is -2.37. The summed E-state index contributed by atoms with van der Waals surface area (Å²) in [6.45, 7) is 0.598. The van der Waals surface area contributed by atoms with Crippen molar-refractivity contribution in [2.45, 2.75) is 25.3 Å². The molecular weight excluding hydrogens is 326 g/mol. The van der Waals surface area contributed by atoms with Crippen LogP contribution in [0, 0.1) is 0 Å². The zero-order valence-corrected chi connectivity index (χ0v) is 12.7. The number of halogens is 1. The number of amides is 1. The molecule has 1 saturated heterocycles. The Morgan fingerprint density at radius 2 is 2.25 bits per heavy atom. The summed E-state index contributed by atoms with van der Waals surface area (Å²) in [5.41, 5.74) is 0.502. The van der Waals surface area contributed by atoms with Gasteiger partial charge < -0.3 is 14.7 Å². The number of carbonyl (C=O) groups excluding carboxylic acids is 1. The largest absolute Gasteiger partial charge is 0.497 e. The second kappa shape index (κ2) is 6.26. The number of rotatable bonds is 4. The summed E-state index contributed by atoms with van der Waals surface area (Å²) in [5, 5.41) is 8.91. The average Bonchev–Trinajstić information content (AvgIpc) is 2.86. The van der Waals surface area contributed by atoms with E-state index in [0.717, 1.165) is 12.8 Å². The van der Waals surface area contributed by atoms with Crippen molar-refractivity contribution in [2.24, 2.45) is 0 Å². The van der Waals surface area contributed by atoms with Gasteiger partial charge in [-0.2, -0.15) is 0 Å². The van der Waals surface area contributed by atoms with E-state index >= 15 is 0 Å². The van der Waals surface area contributed by atoms with Crippen molar-refractivity contribution in [3.8, 4) is 5.75 Å². The van der Waals surface area contributed by atoms with E-state index in [1.807, 2.05) is 0 Å². The number of nitrogens with zero attached hydrogens (tertiary/aromatic N) is 1. The standard InChI is InChI=1S/C14H16BrNO4/c1-20-10-4-5-12(15)11(8-10)14(19)16-6-2-3-9(16)7-13(17)18/h4-5,8-9H,2-3,6-7H2,1H3,(H,17,18). The van der Waals surface area contributed by atoms with Gasteiger partial charge in [0.15, 0.2) is 0 Å². The van der Waals surface area contributed by atoms with Crippen molar-refractivity contribution >= 4 is 27.8 Å². The highest BCUT2D eigenvalue weighted by Crippen LogP contribution is 2.28. The maximum Gasteiger partial charge on any atom is 0.305 e. The minimum atomic E-state index is -0.876. The fraction of sp³-hybridized carbons (Fsp3) is 0.429. The molecule has 1 aliphatic rings. The lowest BCUT2D eigenvalue weighted by Gasteiger charge is -2.24. The molecule has 5 nitrogen and oxygen atoms in total. The quantitative estimate of drug-likeness (QED) is 0.913. The number of hydrogen-bond donors (Lipinski definition) is 1. The molecule has 6 heteroatoms. The number of carboxylic acid groups (broad SMARTS) is 1. The SMILES string of the molecule is COc1ccc(Br)c(C(=O)N2CCCC2CC(=O)O)c1. The molecule has 2 rings (SSSR count). The van der Waals surface area contributed by atoms with Crippen LogP contribution in [-0.2, 0) is 4.79 Å². The van der Waals surface area contributed by atoms with Crippen molar-refractivity contribution in [2.75, 3.05) is 13.7 Å². The molecule has 20 heavy (non-hydrogen) atoms. The second-order valence-electron chi connectivity index (χ2n) is 4.74. The Bertz CT molecular complexity index is 532. The van der Waals surface area contributed by atoms with Crippen molar-refractivity contribution in [1.82, 2.24) is 4.90 Å². The molecule has 1 aliphatic heterocycles. The Balaban J connectivity index is 2.24. The van der Waals surface area contributed by atoms with Crippen molar-refractivity contribution in [3.63, 3.8) is 0 Å². The maximum absolute atomic E-state index is 12.6. The van der Waals surface area contributed by atoms with E-state index in [9.17, 15) is 9.59 Å². The minimum absolute atomic E-state index is 0.00662. The van der Waals surface area contributed by atoms with Gasteiger partial charge in [-0.15, -0.1) is 0 Å². The van der Waals surface area contributed by atoms with E-state index in [1.165, 1.54) is 0 Å². The summed E-state index contributed by atoms with van der Waals surface area (Å²) in [6.07, 6.45) is 1.57. The van der Waals surface area contributed by atoms with Gasteiger partial charge in [-0.1, -0.05) is 0 Å². The molecule has 1 heterocycles. The van der Waals surface area contributed by atoms with Crippen molar-refractivity contribution < 1.29 is 19.4 Å². The average molecular weight is 342 g/mol. The summed E-state index contributed by atoms with van der Waals surface area (Å²) in [4.78, 5) is 25.1. The first-order valence-corrected chi connectivity index (χ1v) is 7.18. The molecule has 1 unspecified atom stereocenters. The van der Waals surface area contributed by atoms with Crippen LogP contribution in [0.1, 0.15) is 29.6 Å². The molecule has 0 saturated carbocycles. The molecular formula is C14H16BrNO4. The van der Waals surface area contributed by atoms with E-state index in [4.69, 9.17) is 9.84 Å². The summed E-state index contributed by atoms with van der Waals surface area (Å²) in [7, 11) is 1.54. The summed E-state index contributed by atoms with van der Waals surface area (Å²) < 4.78 is 5.81. The van der Waals surface area contributed by atoms with E-state index in [-0.39, 0.29) is 18.4 Å². The van der Waals surface area contributed by atoms with Crippen LogP contribution in [0.15, 0.2) is 22.7 Å². The summed E-state index contributed by atoms with van der Waals surface area (Å²) in [5.74, 6) is -0.426. The predicted octanol–water partition coefficient (Wildman–Crippen LogP) is 2.54. The molecule has 1 amide bonds. The third kappa shape index (κ3) is 3.12. The van der Waals surface area contributed by atoms with E-state index in [1.54, 1.807) is 30.2 Å². The van der Waals surface area contributed by atoms with Gasteiger partial charge in [0.2, 0.25) is 0 Å². The summed E-state index contributed by atoms with van der Waals surface area (Å²) in [6, 6.07) is 4.97. The summed E-state index contributed by atoms with van der Waals surface area (Å²) >= 11 is 3.36. The van der Waals surface area contributed by atoms with Crippen LogP contribution < -0.4 is 4.74 Å². The number of carboxylic acids is 1. The Kier molecular flexibility index (Phi) is 4.65. The number of benzene rings is 1. The zero-order valence-electron chi connectivity index (χ0n) is 11.1. The van der Waals surface area contributed by atoms with Gasteiger partial charge in [0, 0.05) is 17.1 Å². The monoisotopic (exact) mass is 341 g/mol. The van der Waals surface area contributed by atoms with Gasteiger partial charge in [0.25, 0.3) is 5.91 Å². The highest BCUT2D eigenvalue weighted by Gasteiger charge is 2.31. The lowest BCUT2D eigenvalue weighted by molar-refractivity contribution is -0.137. The number of ether oxygens (including phenoxy) is 1. The van der Waals surface area contributed by atoms with Crippen molar-refractivity contribution in [3.05, 3.63) is 28.2 Å². The topological polar surface area (TPSA) is 66.8 Å². The van der Waals surface area contributed by atoms with Gasteiger partial charge in [-0.05, 0) is 47.0 Å². The first-order chi connectivity index (χ1) is 9.52. The molecule has 1 atom stereocenters. The minimum Gasteiger partial charge on any atom is -0.497 e. The highest BCUT2D eigenvalue weighted by molar-refractivity contribution is 9.10. The Morgan fingerprint density at radius 3 is 2.90 bits per heavy atom. The molecule has 0 aromatic heterocycles. The molecule has 0 bridgehead atoms. The number of aliphatic carboxylic acids is 1.